The van der Waals surface area contributed by atoms with Gasteiger partial charge in [-0.05, 0) is 48.9 Å². The van der Waals surface area contributed by atoms with E-state index in [1.807, 2.05) is 18.2 Å². The van der Waals surface area contributed by atoms with Crippen molar-refractivity contribution in [2.45, 2.75) is 31.3 Å². The molecule has 0 fully saturated rings. The van der Waals surface area contributed by atoms with Crippen molar-refractivity contribution in [3.63, 3.8) is 0 Å². The van der Waals surface area contributed by atoms with E-state index < -0.39 is 5.60 Å². The van der Waals surface area contributed by atoms with Crippen LogP contribution in [0.2, 0.25) is 0 Å². The quantitative estimate of drug-likeness (QED) is 0.611. The van der Waals surface area contributed by atoms with Crippen LogP contribution < -0.4 is 4.74 Å². The highest BCUT2D eigenvalue weighted by atomic mass is 16.5. The SMILES string of the molecule is C=CC1(O)CCCCc2cc(OC)ccc21. The summed E-state index contributed by atoms with van der Waals surface area (Å²) in [6.45, 7) is 3.76. The number of rotatable bonds is 2. The average Bonchev–Trinajstić information content (AvgIpc) is 2.49. The van der Waals surface area contributed by atoms with E-state index in [4.69, 9.17) is 4.74 Å². The lowest BCUT2D eigenvalue weighted by Crippen LogP contribution is -2.22. The molecule has 1 aliphatic rings. The first-order valence-corrected chi connectivity index (χ1v) is 5.73. The number of fused-ring (bicyclic) bond motifs is 1. The van der Waals surface area contributed by atoms with Crippen LogP contribution >= 0.6 is 0 Å². The van der Waals surface area contributed by atoms with Crippen LogP contribution in [0.3, 0.4) is 0 Å². The Kier molecular flexibility index (Phi) is 3.01. The van der Waals surface area contributed by atoms with Crippen LogP contribution in [0.15, 0.2) is 30.9 Å². The summed E-state index contributed by atoms with van der Waals surface area (Å²) < 4.78 is 5.22. The molecule has 86 valence electrons. The van der Waals surface area contributed by atoms with Crippen LogP contribution in [-0.2, 0) is 12.0 Å². The summed E-state index contributed by atoms with van der Waals surface area (Å²) in [6.07, 6.45) is 5.55. The minimum Gasteiger partial charge on any atom is -0.497 e. The molecule has 0 saturated heterocycles. The van der Waals surface area contributed by atoms with E-state index in [0.717, 1.165) is 37.0 Å². The molecule has 1 aromatic rings. The fourth-order valence-corrected chi connectivity index (χ4v) is 2.38. The van der Waals surface area contributed by atoms with E-state index in [1.165, 1.54) is 5.56 Å². The third-order valence-corrected chi connectivity index (χ3v) is 3.37. The number of aryl methyl sites for hydroxylation is 1. The minimum atomic E-state index is -0.863. The van der Waals surface area contributed by atoms with Crippen molar-refractivity contribution < 1.29 is 9.84 Å². The van der Waals surface area contributed by atoms with Crippen molar-refractivity contribution in [2.24, 2.45) is 0 Å². The second-order valence-electron chi connectivity index (χ2n) is 4.36. The maximum Gasteiger partial charge on any atom is 0.119 e. The number of aliphatic hydroxyl groups is 1. The van der Waals surface area contributed by atoms with Crippen molar-refractivity contribution in [2.75, 3.05) is 7.11 Å². The second-order valence-corrected chi connectivity index (χ2v) is 4.36. The monoisotopic (exact) mass is 218 g/mol. The fraction of sp³-hybridized carbons (Fsp3) is 0.429. The Labute approximate surface area is 96.6 Å². The van der Waals surface area contributed by atoms with Crippen molar-refractivity contribution in [3.8, 4) is 5.75 Å². The summed E-state index contributed by atoms with van der Waals surface area (Å²) in [7, 11) is 1.66. The molecule has 0 aromatic heterocycles. The van der Waals surface area contributed by atoms with Gasteiger partial charge in [-0.15, -0.1) is 0 Å². The predicted octanol–water partition coefficient (Wildman–Crippen LogP) is 2.80. The zero-order chi connectivity index (χ0) is 11.6. The van der Waals surface area contributed by atoms with Gasteiger partial charge >= 0.3 is 0 Å². The lowest BCUT2D eigenvalue weighted by molar-refractivity contribution is 0.0793. The highest BCUT2D eigenvalue weighted by Gasteiger charge is 2.29. The van der Waals surface area contributed by atoms with Crippen LogP contribution in [0, 0.1) is 0 Å². The molecule has 1 aromatic carbocycles. The van der Waals surface area contributed by atoms with Gasteiger partial charge in [-0.2, -0.15) is 0 Å². The van der Waals surface area contributed by atoms with Gasteiger partial charge < -0.3 is 9.84 Å². The van der Waals surface area contributed by atoms with E-state index in [0.29, 0.717) is 0 Å². The van der Waals surface area contributed by atoms with Gasteiger partial charge in [0, 0.05) is 0 Å². The van der Waals surface area contributed by atoms with E-state index in [-0.39, 0.29) is 0 Å². The number of hydrogen-bond donors (Lipinski definition) is 1. The number of benzene rings is 1. The van der Waals surface area contributed by atoms with Gasteiger partial charge in [0.05, 0.1) is 7.11 Å². The number of ether oxygens (including phenoxy) is 1. The summed E-state index contributed by atoms with van der Waals surface area (Å²) in [4.78, 5) is 0. The van der Waals surface area contributed by atoms with Crippen LogP contribution in [0.5, 0.6) is 5.75 Å². The van der Waals surface area contributed by atoms with Crippen LogP contribution in [-0.4, -0.2) is 12.2 Å². The molecule has 2 rings (SSSR count). The highest BCUT2D eigenvalue weighted by molar-refractivity contribution is 5.41. The molecule has 0 aliphatic heterocycles. The number of methoxy groups -OCH3 is 1. The summed E-state index contributed by atoms with van der Waals surface area (Å²) in [5, 5.41) is 10.5. The lowest BCUT2D eigenvalue weighted by atomic mass is 9.88. The standard InChI is InChI=1S/C14H18O2/c1-3-14(15)9-5-4-6-11-10-12(16-2)7-8-13(11)14/h3,7-8,10,15H,1,4-6,9H2,2H3. The van der Waals surface area contributed by atoms with Gasteiger partial charge in [0.1, 0.15) is 11.4 Å². The molecule has 0 radical (unpaired) electrons. The third-order valence-electron chi connectivity index (χ3n) is 3.37. The molecular weight excluding hydrogens is 200 g/mol. The first-order valence-electron chi connectivity index (χ1n) is 5.73. The van der Waals surface area contributed by atoms with Gasteiger partial charge in [-0.25, -0.2) is 0 Å². The molecule has 1 atom stereocenters. The van der Waals surface area contributed by atoms with Gasteiger partial charge in [0.15, 0.2) is 0 Å². The maximum atomic E-state index is 10.5. The van der Waals surface area contributed by atoms with E-state index in [9.17, 15) is 5.11 Å². The van der Waals surface area contributed by atoms with E-state index in [2.05, 4.69) is 6.58 Å². The second kappa shape index (κ2) is 4.30. The van der Waals surface area contributed by atoms with Crippen LogP contribution in [0.4, 0.5) is 0 Å². The molecule has 1 N–H and O–H groups in total. The summed E-state index contributed by atoms with van der Waals surface area (Å²) >= 11 is 0. The molecule has 16 heavy (non-hydrogen) atoms. The molecular formula is C14H18O2. The summed E-state index contributed by atoms with van der Waals surface area (Å²) in [6, 6.07) is 5.88. The fourth-order valence-electron chi connectivity index (χ4n) is 2.38. The third kappa shape index (κ3) is 1.85. The van der Waals surface area contributed by atoms with Crippen molar-refractivity contribution in [1.29, 1.82) is 0 Å². The lowest BCUT2D eigenvalue weighted by Gasteiger charge is -2.25. The molecule has 0 amide bonds. The van der Waals surface area contributed by atoms with Crippen LogP contribution in [0.1, 0.15) is 30.4 Å². The molecule has 0 spiro atoms. The smallest absolute Gasteiger partial charge is 0.119 e. The molecule has 1 aliphatic carbocycles. The van der Waals surface area contributed by atoms with Crippen molar-refractivity contribution in [1.82, 2.24) is 0 Å². The first-order chi connectivity index (χ1) is 7.69. The summed E-state index contributed by atoms with van der Waals surface area (Å²) in [5.74, 6) is 0.854. The van der Waals surface area contributed by atoms with Gasteiger partial charge in [0.2, 0.25) is 0 Å². The minimum absolute atomic E-state index is 0.760. The average molecular weight is 218 g/mol. The molecule has 0 bridgehead atoms. The molecule has 2 nitrogen and oxygen atoms in total. The largest absolute Gasteiger partial charge is 0.497 e. The zero-order valence-corrected chi connectivity index (χ0v) is 9.70. The Morgan fingerprint density at radius 2 is 2.25 bits per heavy atom. The normalized spacial score (nSPS) is 24.4. The van der Waals surface area contributed by atoms with Gasteiger partial charge in [-0.1, -0.05) is 18.7 Å². The van der Waals surface area contributed by atoms with Gasteiger partial charge in [-0.3, -0.25) is 0 Å². The van der Waals surface area contributed by atoms with Crippen molar-refractivity contribution >= 4 is 0 Å². The topological polar surface area (TPSA) is 29.5 Å². The Morgan fingerprint density at radius 1 is 1.44 bits per heavy atom. The molecule has 1 unspecified atom stereocenters. The van der Waals surface area contributed by atoms with E-state index in [1.54, 1.807) is 13.2 Å². The Morgan fingerprint density at radius 3 is 2.94 bits per heavy atom. The van der Waals surface area contributed by atoms with Crippen LogP contribution in [0.25, 0.3) is 0 Å². The first kappa shape index (κ1) is 11.2. The molecule has 0 heterocycles. The number of hydrogen-bond acceptors (Lipinski definition) is 2. The Hall–Kier alpha value is -1.28. The zero-order valence-electron chi connectivity index (χ0n) is 9.70. The summed E-state index contributed by atoms with van der Waals surface area (Å²) in [5.41, 5.74) is 1.30. The predicted molar refractivity (Wildman–Crippen MR) is 64.6 cm³/mol. The Bertz CT molecular complexity index is 398. The van der Waals surface area contributed by atoms with Gasteiger partial charge in [0.25, 0.3) is 0 Å². The maximum absolute atomic E-state index is 10.5. The highest BCUT2D eigenvalue weighted by Crippen LogP contribution is 2.36. The van der Waals surface area contributed by atoms with E-state index >= 15 is 0 Å². The molecule has 2 heteroatoms. The van der Waals surface area contributed by atoms with Crippen molar-refractivity contribution in [3.05, 3.63) is 42.0 Å². The Balaban J connectivity index is 2.50. The molecule has 0 saturated carbocycles.